The minimum Gasteiger partial charge on any atom is -0.462 e. The van der Waals surface area contributed by atoms with E-state index in [-0.39, 0.29) is 17.7 Å². The van der Waals surface area contributed by atoms with E-state index in [4.69, 9.17) is 24.3 Å². The van der Waals surface area contributed by atoms with Gasteiger partial charge in [-0.3, -0.25) is 9.32 Å². The molecule has 3 aromatic rings. The number of carbonyl (C=O) groups is 1. The van der Waals surface area contributed by atoms with Gasteiger partial charge in [0.2, 0.25) is 0 Å². The second-order valence-electron chi connectivity index (χ2n) is 8.81. The molecule has 1 saturated heterocycles. The van der Waals surface area contributed by atoms with Crippen LogP contribution in [0.25, 0.3) is 5.52 Å². The van der Waals surface area contributed by atoms with Gasteiger partial charge in [-0.15, -0.1) is 0 Å². The average Bonchev–Trinajstić information content (AvgIpc) is 3.40. The lowest BCUT2D eigenvalue weighted by atomic mass is 10.1. The lowest BCUT2D eigenvalue weighted by Gasteiger charge is -2.25. The Morgan fingerprint density at radius 3 is 2.62 bits per heavy atom. The lowest BCUT2D eigenvalue weighted by Crippen LogP contribution is -2.38. The third-order valence-electron chi connectivity index (χ3n) is 5.60. The van der Waals surface area contributed by atoms with Crippen LogP contribution < -0.4 is 15.3 Å². The number of ether oxygens (including phenoxy) is 2. The third-order valence-corrected chi connectivity index (χ3v) is 7.24. The van der Waals surface area contributed by atoms with Gasteiger partial charge in [-0.25, -0.2) is 14.1 Å². The topological polar surface area (TPSA) is 180 Å². The molecule has 14 heteroatoms. The number of anilines is 1. The van der Waals surface area contributed by atoms with E-state index in [1.165, 1.54) is 17.8 Å². The average molecular weight is 535 g/mol. The molecule has 0 amide bonds. The van der Waals surface area contributed by atoms with Crippen LogP contribution in [0.3, 0.4) is 0 Å². The highest BCUT2D eigenvalue weighted by Gasteiger charge is 2.46. The van der Waals surface area contributed by atoms with Gasteiger partial charge < -0.3 is 29.9 Å². The quantitative estimate of drug-likeness (QED) is 0.218. The molecule has 6 atom stereocenters. The van der Waals surface area contributed by atoms with Gasteiger partial charge in [0.25, 0.3) is 0 Å². The fourth-order valence-electron chi connectivity index (χ4n) is 3.83. The van der Waals surface area contributed by atoms with Crippen molar-refractivity contribution in [2.75, 3.05) is 12.3 Å². The van der Waals surface area contributed by atoms with Crippen LogP contribution in [0.5, 0.6) is 5.75 Å². The zero-order valence-corrected chi connectivity index (χ0v) is 21.4. The minimum atomic E-state index is -4.18. The molecule has 0 spiro atoms. The maximum Gasteiger partial charge on any atom is 0.459 e. The van der Waals surface area contributed by atoms with Crippen molar-refractivity contribution >= 4 is 25.1 Å². The SMILES string of the molecule is CC(C)OC(=O)[C@@H](C)N[P@@](=O)(OC[C@H]1O[C@@H](c2ccc3c(N)ncnn23)[C@H](O)[C@@H]1O)Oc1ccccc1. The molecule has 0 aliphatic carbocycles. The Morgan fingerprint density at radius 2 is 1.92 bits per heavy atom. The Hall–Kier alpha value is -3.06. The fourth-order valence-corrected chi connectivity index (χ4v) is 5.33. The van der Waals surface area contributed by atoms with Crippen LogP contribution in [-0.2, 0) is 23.4 Å². The van der Waals surface area contributed by atoms with Crippen molar-refractivity contribution in [2.24, 2.45) is 0 Å². The first-order valence-electron chi connectivity index (χ1n) is 11.6. The molecular formula is C23H30N5O8P. The van der Waals surface area contributed by atoms with E-state index in [0.717, 1.165) is 0 Å². The van der Waals surface area contributed by atoms with Gasteiger partial charge in [-0.05, 0) is 45.0 Å². The Morgan fingerprint density at radius 1 is 1.19 bits per heavy atom. The summed E-state index contributed by atoms with van der Waals surface area (Å²) in [4.78, 5) is 16.2. The number of aliphatic hydroxyl groups is 2. The second kappa shape index (κ2) is 11.1. The van der Waals surface area contributed by atoms with Crippen LogP contribution in [-0.4, -0.2) is 67.8 Å². The van der Waals surface area contributed by atoms with Crippen LogP contribution in [0.4, 0.5) is 5.82 Å². The van der Waals surface area contributed by atoms with Gasteiger partial charge in [0, 0.05) is 0 Å². The first kappa shape index (κ1) is 27.0. The normalized spacial score (nSPS) is 24.2. The molecule has 200 valence electrons. The molecular weight excluding hydrogens is 505 g/mol. The number of aliphatic hydroxyl groups excluding tert-OH is 2. The highest BCUT2D eigenvalue weighted by atomic mass is 31.2. The van der Waals surface area contributed by atoms with Crippen molar-refractivity contribution in [1.29, 1.82) is 0 Å². The zero-order valence-electron chi connectivity index (χ0n) is 20.5. The van der Waals surface area contributed by atoms with E-state index in [9.17, 15) is 19.6 Å². The summed E-state index contributed by atoms with van der Waals surface area (Å²) < 4.78 is 37.4. The van der Waals surface area contributed by atoms with Crippen LogP contribution in [0.1, 0.15) is 32.6 Å². The summed E-state index contributed by atoms with van der Waals surface area (Å²) in [5, 5.41) is 28.1. The Balaban J connectivity index is 1.50. The first-order valence-corrected chi connectivity index (χ1v) is 13.2. The Labute approximate surface area is 213 Å². The summed E-state index contributed by atoms with van der Waals surface area (Å²) in [6.07, 6.45) is -3.91. The second-order valence-corrected chi connectivity index (χ2v) is 10.5. The van der Waals surface area contributed by atoms with Crippen LogP contribution in [0.2, 0.25) is 0 Å². The van der Waals surface area contributed by atoms with Gasteiger partial charge >= 0.3 is 13.7 Å². The van der Waals surface area contributed by atoms with Gasteiger partial charge in [0.1, 0.15) is 48.1 Å². The van der Waals surface area contributed by atoms with Gasteiger partial charge in [-0.1, -0.05) is 18.2 Å². The number of nitrogen functional groups attached to an aromatic ring is 1. The Kier molecular flexibility index (Phi) is 8.12. The summed E-state index contributed by atoms with van der Waals surface area (Å²) in [6.45, 7) is 4.41. The first-order chi connectivity index (χ1) is 17.6. The largest absolute Gasteiger partial charge is 0.462 e. The number of hydrogen-bond donors (Lipinski definition) is 4. The highest BCUT2D eigenvalue weighted by molar-refractivity contribution is 7.52. The molecule has 37 heavy (non-hydrogen) atoms. The fraction of sp³-hybridized carbons (Fsp3) is 0.435. The van der Waals surface area contributed by atoms with E-state index in [0.29, 0.717) is 11.2 Å². The number of para-hydroxylation sites is 1. The maximum absolute atomic E-state index is 13.7. The van der Waals surface area contributed by atoms with Crippen molar-refractivity contribution in [1.82, 2.24) is 19.7 Å². The number of nitrogens with two attached hydrogens (primary N) is 1. The number of carbonyl (C=O) groups excluding carboxylic acids is 1. The zero-order chi connectivity index (χ0) is 26.7. The molecule has 2 aromatic heterocycles. The number of rotatable bonds is 10. The number of nitrogens with zero attached hydrogens (tertiary/aromatic N) is 3. The molecule has 1 fully saturated rings. The molecule has 1 aliphatic rings. The molecule has 0 unspecified atom stereocenters. The van der Waals surface area contributed by atoms with Crippen molar-refractivity contribution in [3.05, 3.63) is 54.5 Å². The molecule has 3 heterocycles. The molecule has 0 radical (unpaired) electrons. The highest BCUT2D eigenvalue weighted by Crippen LogP contribution is 2.46. The number of nitrogens with one attached hydrogen (secondary N) is 1. The maximum atomic E-state index is 13.7. The lowest BCUT2D eigenvalue weighted by molar-refractivity contribution is -0.149. The number of esters is 1. The number of aromatic nitrogens is 3. The van der Waals surface area contributed by atoms with Crippen LogP contribution >= 0.6 is 7.75 Å². The predicted molar refractivity (Wildman–Crippen MR) is 131 cm³/mol. The van der Waals surface area contributed by atoms with Gasteiger partial charge in [-0.2, -0.15) is 10.2 Å². The van der Waals surface area contributed by atoms with E-state index >= 15 is 0 Å². The molecule has 0 bridgehead atoms. The van der Waals surface area contributed by atoms with Crippen LogP contribution in [0, 0.1) is 0 Å². The minimum absolute atomic E-state index is 0.227. The monoisotopic (exact) mass is 535 g/mol. The van der Waals surface area contributed by atoms with Gasteiger partial charge in [0.15, 0.2) is 5.82 Å². The van der Waals surface area contributed by atoms with Crippen molar-refractivity contribution in [3.63, 3.8) is 0 Å². The van der Waals surface area contributed by atoms with Crippen molar-refractivity contribution in [3.8, 4) is 5.75 Å². The summed E-state index contributed by atoms with van der Waals surface area (Å²) in [7, 11) is -4.18. The molecule has 4 rings (SSSR count). The smallest absolute Gasteiger partial charge is 0.459 e. The number of fused-ring (bicyclic) bond motifs is 1. The van der Waals surface area contributed by atoms with E-state index in [2.05, 4.69) is 15.2 Å². The Bertz CT molecular complexity index is 1270. The summed E-state index contributed by atoms with van der Waals surface area (Å²) >= 11 is 0. The molecule has 1 aromatic carbocycles. The molecule has 13 nitrogen and oxygen atoms in total. The number of hydrogen-bond acceptors (Lipinski definition) is 11. The third kappa shape index (κ3) is 6.09. The number of benzene rings is 1. The molecule has 1 aliphatic heterocycles. The van der Waals surface area contributed by atoms with Crippen LogP contribution in [0.15, 0.2) is 48.8 Å². The summed E-state index contributed by atoms with van der Waals surface area (Å²) in [5.74, 6) is -0.181. The standard InChI is InChI=1S/C23H30N5O8P/c1-13(2)34-23(31)14(3)27-37(32,36-15-7-5-4-6-8-15)33-11-18-19(29)20(30)21(35-18)16-9-10-17-22(24)25-12-26-28(16)17/h4-10,12-14,18-21,29-30H,11H2,1-3H3,(H,27,32)(H2,24,25,26)/t14-,18-,19-,20-,21+,37-/m1/s1. The predicted octanol–water partition coefficient (Wildman–Crippen LogP) is 1.61. The molecule has 5 N–H and O–H groups in total. The van der Waals surface area contributed by atoms with E-state index in [1.807, 2.05) is 0 Å². The summed E-state index contributed by atoms with van der Waals surface area (Å²) in [6, 6.07) is 10.5. The van der Waals surface area contributed by atoms with Crippen molar-refractivity contribution in [2.45, 2.75) is 57.3 Å². The van der Waals surface area contributed by atoms with Crippen molar-refractivity contribution < 1.29 is 38.1 Å². The summed E-state index contributed by atoms with van der Waals surface area (Å²) in [5.41, 5.74) is 6.82. The van der Waals surface area contributed by atoms with E-state index in [1.54, 1.807) is 56.3 Å². The van der Waals surface area contributed by atoms with E-state index < -0.39 is 50.8 Å². The van der Waals surface area contributed by atoms with Gasteiger partial charge in [0.05, 0.1) is 18.4 Å². The molecule has 0 saturated carbocycles.